The van der Waals surface area contributed by atoms with Gasteiger partial charge in [-0.3, -0.25) is 0 Å². The van der Waals surface area contributed by atoms with E-state index in [-0.39, 0.29) is 4.83 Å². The molecule has 2 aromatic rings. The van der Waals surface area contributed by atoms with Gasteiger partial charge in [0.1, 0.15) is 17.8 Å². The van der Waals surface area contributed by atoms with E-state index in [2.05, 4.69) is 15.9 Å². The van der Waals surface area contributed by atoms with Crippen LogP contribution in [0.15, 0.2) is 54.6 Å². The first-order valence-electron chi connectivity index (χ1n) is 5.22. The van der Waals surface area contributed by atoms with Crippen molar-refractivity contribution in [3.8, 4) is 11.5 Å². The average Bonchev–Trinajstić information content (AvgIpc) is 2.40. The lowest BCUT2D eigenvalue weighted by molar-refractivity contribution is -0.107. The van der Waals surface area contributed by atoms with Crippen LogP contribution in [0.25, 0.3) is 0 Å². The van der Waals surface area contributed by atoms with E-state index in [1.165, 1.54) is 0 Å². The van der Waals surface area contributed by atoms with Crippen LogP contribution in [0.3, 0.4) is 0 Å². The minimum atomic E-state index is -0.345. The summed E-state index contributed by atoms with van der Waals surface area (Å²) in [5.74, 6) is 1.44. The SMILES string of the molecule is O=CC(Br)c1ccccc1Oc1ccccc1. The Morgan fingerprint density at radius 3 is 2.35 bits per heavy atom. The summed E-state index contributed by atoms with van der Waals surface area (Å²) < 4.78 is 5.74. The highest BCUT2D eigenvalue weighted by Crippen LogP contribution is 2.32. The molecule has 1 unspecified atom stereocenters. The van der Waals surface area contributed by atoms with Crippen molar-refractivity contribution in [2.45, 2.75) is 4.83 Å². The Hall–Kier alpha value is -1.61. The van der Waals surface area contributed by atoms with E-state index in [0.717, 1.165) is 17.6 Å². The number of ether oxygens (including phenoxy) is 1. The Labute approximate surface area is 108 Å². The third-order valence-electron chi connectivity index (χ3n) is 2.31. The van der Waals surface area contributed by atoms with Crippen molar-refractivity contribution in [3.05, 3.63) is 60.2 Å². The Kier molecular flexibility index (Phi) is 3.94. The molecule has 86 valence electrons. The van der Waals surface area contributed by atoms with Crippen LogP contribution in [-0.2, 0) is 4.79 Å². The minimum Gasteiger partial charge on any atom is -0.457 e. The van der Waals surface area contributed by atoms with Crippen molar-refractivity contribution >= 4 is 22.2 Å². The van der Waals surface area contributed by atoms with Crippen LogP contribution in [-0.4, -0.2) is 6.29 Å². The second kappa shape index (κ2) is 5.64. The fraction of sp³-hybridized carbons (Fsp3) is 0.0714. The molecule has 1 atom stereocenters. The number of rotatable bonds is 4. The highest BCUT2D eigenvalue weighted by atomic mass is 79.9. The first-order valence-corrected chi connectivity index (χ1v) is 6.14. The van der Waals surface area contributed by atoms with Gasteiger partial charge in [-0.2, -0.15) is 0 Å². The molecule has 0 N–H and O–H groups in total. The van der Waals surface area contributed by atoms with Crippen molar-refractivity contribution in [2.75, 3.05) is 0 Å². The number of carbonyl (C=O) groups is 1. The Balaban J connectivity index is 2.30. The summed E-state index contributed by atoms with van der Waals surface area (Å²) >= 11 is 3.30. The van der Waals surface area contributed by atoms with Gasteiger partial charge in [-0.1, -0.05) is 52.3 Å². The van der Waals surface area contributed by atoms with Gasteiger partial charge in [0.25, 0.3) is 0 Å². The lowest BCUT2D eigenvalue weighted by atomic mass is 10.1. The van der Waals surface area contributed by atoms with Gasteiger partial charge in [0.15, 0.2) is 0 Å². The number of para-hydroxylation sites is 2. The third kappa shape index (κ3) is 2.94. The van der Waals surface area contributed by atoms with E-state index in [4.69, 9.17) is 4.74 Å². The zero-order chi connectivity index (χ0) is 12.1. The predicted molar refractivity (Wildman–Crippen MR) is 70.7 cm³/mol. The molecule has 0 aromatic heterocycles. The Bertz CT molecular complexity index is 497. The molecule has 0 aliphatic carbocycles. The van der Waals surface area contributed by atoms with Gasteiger partial charge in [-0.25, -0.2) is 0 Å². The van der Waals surface area contributed by atoms with Gasteiger partial charge in [-0.15, -0.1) is 0 Å². The number of carbonyl (C=O) groups excluding carboxylic acids is 1. The highest BCUT2D eigenvalue weighted by molar-refractivity contribution is 9.09. The van der Waals surface area contributed by atoms with Gasteiger partial charge >= 0.3 is 0 Å². The standard InChI is InChI=1S/C14H11BrO2/c15-13(10-16)12-8-4-5-9-14(12)17-11-6-2-1-3-7-11/h1-10,13H. The van der Waals surface area contributed by atoms with Crippen molar-refractivity contribution < 1.29 is 9.53 Å². The zero-order valence-corrected chi connectivity index (χ0v) is 10.6. The van der Waals surface area contributed by atoms with Crippen LogP contribution in [0.2, 0.25) is 0 Å². The molecule has 0 aliphatic rings. The first-order chi connectivity index (χ1) is 8.31. The second-order valence-corrected chi connectivity index (χ2v) is 4.48. The smallest absolute Gasteiger partial charge is 0.138 e. The summed E-state index contributed by atoms with van der Waals surface area (Å²) in [4.78, 5) is 10.5. The van der Waals surface area contributed by atoms with Gasteiger partial charge in [-0.05, 0) is 18.2 Å². The van der Waals surface area contributed by atoms with Gasteiger partial charge in [0.05, 0.1) is 4.83 Å². The molecule has 0 saturated heterocycles. The maximum absolute atomic E-state index is 10.8. The number of alkyl halides is 1. The molecule has 0 fully saturated rings. The van der Waals surface area contributed by atoms with Crippen LogP contribution in [0.4, 0.5) is 0 Å². The molecule has 0 aliphatic heterocycles. The van der Waals surface area contributed by atoms with Crippen molar-refractivity contribution in [3.63, 3.8) is 0 Å². The number of hydrogen-bond donors (Lipinski definition) is 0. The van der Waals surface area contributed by atoms with Gasteiger partial charge < -0.3 is 9.53 Å². The quantitative estimate of drug-likeness (QED) is 0.626. The molecule has 0 spiro atoms. The van der Waals surface area contributed by atoms with E-state index < -0.39 is 0 Å². The van der Waals surface area contributed by atoms with Gasteiger partial charge in [0.2, 0.25) is 0 Å². The first kappa shape index (κ1) is 11.9. The van der Waals surface area contributed by atoms with E-state index in [1.807, 2.05) is 54.6 Å². The zero-order valence-electron chi connectivity index (χ0n) is 9.05. The Morgan fingerprint density at radius 1 is 1.00 bits per heavy atom. The van der Waals surface area contributed by atoms with E-state index in [0.29, 0.717) is 5.75 Å². The monoisotopic (exact) mass is 290 g/mol. The molecule has 0 bridgehead atoms. The molecular formula is C14H11BrO2. The van der Waals surface area contributed by atoms with Crippen molar-refractivity contribution in [2.24, 2.45) is 0 Å². The molecule has 2 aromatic carbocycles. The van der Waals surface area contributed by atoms with E-state index in [1.54, 1.807) is 0 Å². The lowest BCUT2D eigenvalue weighted by Gasteiger charge is -2.11. The molecule has 0 radical (unpaired) electrons. The number of halogens is 1. The maximum Gasteiger partial charge on any atom is 0.138 e. The fourth-order valence-corrected chi connectivity index (χ4v) is 1.87. The van der Waals surface area contributed by atoms with Crippen LogP contribution < -0.4 is 4.74 Å². The Morgan fingerprint density at radius 2 is 1.65 bits per heavy atom. The molecule has 0 saturated carbocycles. The number of benzene rings is 2. The lowest BCUT2D eigenvalue weighted by Crippen LogP contribution is -1.95. The molecule has 2 rings (SSSR count). The van der Waals surface area contributed by atoms with Crippen LogP contribution in [0.5, 0.6) is 11.5 Å². The van der Waals surface area contributed by atoms with Crippen molar-refractivity contribution in [1.82, 2.24) is 0 Å². The summed E-state index contributed by atoms with van der Waals surface area (Å²) in [5.41, 5.74) is 0.825. The van der Waals surface area contributed by atoms with Crippen LogP contribution in [0, 0.1) is 0 Å². The summed E-state index contributed by atoms with van der Waals surface area (Å²) in [6, 6.07) is 17.0. The predicted octanol–water partition coefficient (Wildman–Crippen LogP) is 4.11. The molecule has 3 heteroatoms. The van der Waals surface area contributed by atoms with E-state index in [9.17, 15) is 4.79 Å². The summed E-state index contributed by atoms with van der Waals surface area (Å²) in [5, 5.41) is 0. The molecule has 0 amide bonds. The molecular weight excluding hydrogens is 280 g/mol. The molecule has 2 nitrogen and oxygen atoms in total. The fourth-order valence-electron chi connectivity index (χ4n) is 1.49. The maximum atomic E-state index is 10.8. The van der Waals surface area contributed by atoms with Crippen LogP contribution >= 0.6 is 15.9 Å². The summed E-state index contributed by atoms with van der Waals surface area (Å²) in [6.07, 6.45) is 0.840. The highest BCUT2D eigenvalue weighted by Gasteiger charge is 2.12. The number of hydrogen-bond acceptors (Lipinski definition) is 2. The topological polar surface area (TPSA) is 26.3 Å². The largest absolute Gasteiger partial charge is 0.457 e. The average molecular weight is 291 g/mol. The number of aldehydes is 1. The molecule has 0 heterocycles. The third-order valence-corrected chi connectivity index (χ3v) is 3.02. The second-order valence-electron chi connectivity index (χ2n) is 3.49. The van der Waals surface area contributed by atoms with Crippen LogP contribution in [0.1, 0.15) is 10.4 Å². The van der Waals surface area contributed by atoms with Crippen molar-refractivity contribution in [1.29, 1.82) is 0 Å². The van der Waals surface area contributed by atoms with Gasteiger partial charge in [0, 0.05) is 5.56 Å². The summed E-state index contributed by atoms with van der Waals surface area (Å²) in [7, 11) is 0. The normalized spacial score (nSPS) is 11.8. The summed E-state index contributed by atoms with van der Waals surface area (Å²) in [6.45, 7) is 0. The minimum absolute atomic E-state index is 0.345. The van der Waals surface area contributed by atoms with E-state index >= 15 is 0 Å². The molecule has 17 heavy (non-hydrogen) atoms.